The smallest absolute Gasteiger partial charge is 0.110 e. The first kappa shape index (κ1) is 17.9. The predicted octanol–water partition coefficient (Wildman–Crippen LogP) is 2.93. The fraction of sp³-hybridized carbons (Fsp3) is 0.667. The molecule has 120 valence electrons. The topological polar surface area (TPSA) is 78.2 Å². The van der Waals surface area contributed by atoms with Crippen molar-refractivity contribution in [3.63, 3.8) is 0 Å². The van der Waals surface area contributed by atoms with Crippen LogP contribution in [0, 0.1) is 5.92 Å². The zero-order valence-electron chi connectivity index (χ0n) is 12.9. The fourth-order valence-corrected chi connectivity index (χ4v) is 2.78. The summed E-state index contributed by atoms with van der Waals surface area (Å²) in [6, 6.07) is 2.15. The summed E-state index contributed by atoms with van der Waals surface area (Å²) in [5.41, 5.74) is 6.57. The Bertz CT molecular complexity index is 391. The van der Waals surface area contributed by atoms with Gasteiger partial charge in [-0.15, -0.1) is 0 Å². The van der Waals surface area contributed by atoms with Crippen molar-refractivity contribution in [1.29, 1.82) is 0 Å². The minimum atomic E-state index is 0.510. The van der Waals surface area contributed by atoms with Gasteiger partial charge in [-0.2, -0.15) is 0 Å². The van der Waals surface area contributed by atoms with E-state index in [1.807, 2.05) is 6.20 Å². The SMILES string of the molecule is CCCC(CCCNS)CCc1cc[nH]c1NCN=CN. The number of rotatable bonds is 12. The summed E-state index contributed by atoms with van der Waals surface area (Å²) >= 11 is 4.05. The highest BCUT2D eigenvalue weighted by Gasteiger charge is 2.10. The molecule has 0 radical (unpaired) electrons. The summed E-state index contributed by atoms with van der Waals surface area (Å²) in [5, 5.41) is 3.25. The van der Waals surface area contributed by atoms with Crippen LogP contribution >= 0.6 is 12.8 Å². The first-order chi connectivity index (χ1) is 10.3. The van der Waals surface area contributed by atoms with E-state index in [0.29, 0.717) is 6.67 Å². The van der Waals surface area contributed by atoms with Crippen molar-refractivity contribution in [2.75, 3.05) is 18.5 Å². The average molecular weight is 311 g/mol. The third kappa shape index (κ3) is 7.43. The van der Waals surface area contributed by atoms with Crippen LogP contribution in [0.15, 0.2) is 17.3 Å². The van der Waals surface area contributed by atoms with Crippen LogP contribution < -0.4 is 15.8 Å². The summed E-state index contributed by atoms with van der Waals surface area (Å²) in [7, 11) is 0. The van der Waals surface area contributed by atoms with E-state index in [1.165, 1.54) is 44.0 Å². The fourth-order valence-electron chi connectivity index (χ4n) is 2.62. The Labute approximate surface area is 133 Å². The Morgan fingerprint density at radius 2 is 2.29 bits per heavy atom. The van der Waals surface area contributed by atoms with E-state index in [0.717, 1.165) is 24.7 Å². The molecule has 0 aliphatic carbocycles. The number of nitrogens with two attached hydrogens (primary N) is 1. The summed E-state index contributed by atoms with van der Waals surface area (Å²) in [6.07, 6.45) is 10.6. The second-order valence-electron chi connectivity index (χ2n) is 5.29. The summed E-state index contributed by atoms with van der Waals surface area (Å²) in [5.74, 6) is 1.86. The third-order valence-corrected chi connectivity index (χ3v) is 3.93. The molecule has 0 saturated carbocycles. The maximum Gasteiger partial charge on any atom is 0.110 e. The minimum Gasteiger partial charge on any atom is -0.390 e. The molecule has 1 aromatic heterocycles. The lowest BCUT2D eigenvalue weighted by Crippen LogP contribution is -2.08. The van der Waals surface area contributed by atoms with Gasteiger partial charge in [0.25, 0.3) is 0 Å². The van der Waals surface area contributed by atoms with Gasteiger partial charge < -0.3 is 16.0 Å². The molecular weight excluding hydrogens is 282 g/mol. The molecule has 5 N–H and O–H groups in total. The summed E-state index contributed by atoms with van der Waals surface area (Å²) < 4.78 is 2.93. The van der Waals surface area contributed by atoms with Crippen LogP contribution in [0.25, 0.3) is 0 Å². The van der Waals surface area contributed by atoms with E-state index < -0.39 is 0 Å². The van der Waals surface area contributed by atoms with Gasteiger partial charge in [0, 0.05) is 12.7 Å². The number of hydrogen-bond acceptors (Lipinski definition) is 4. The molecule has 1 heterocycles. The van der Waals surface area contributed by atoms with Crippen LogP contribution in [0.1, 0.15) is 44.6 Å². The van der Waals surface area contributed by atoms with Gasteiger partial charge in [0.15, 0.2) is 0 Å². The number of nitrogens with one attached hydrogen (secondary N) is 3. The van der Waals surface area contributed by atoms with Crippen molar-refractivity contribution in [3.05, 3.63) is 17.8 Å². The van der Waals surface area contributed by atoms with Crippen LogP contribution in [0.4, 0.5) is 5.82 Å². The van der Waals surface area contributed by atoms with Crippen LogP contribution in [-0.2, 0) is 6.42 Å². The lowest BCUT2D eigenvalue weighted by molar-refractivity contribution is 0.405. The molecule has 21 heavy (non-hydrogen) atoms. The molecule has 0 aliphatic rings. The van der Waals surface area contributed by atoms with Crippen molar-refractivity contribution < 1.29 is 0 Å². The Hall–Kier alpha value is -1.14. The van der Waals surface area contributed by atoms with Crippen LogP contribution in [0.5, 0.6) is 0 Å². The highest BCUT2D eigenvalue weighted by molar-refractivity contribution is 7.78. The van der Waals surface area contributed by atoms with Crippen molar-refractivity contribution in [3.8, 4) is 0 Å². The molecule has 0 aromatic carbocycles. The predicted molar refractivity (Wildman–Crippen MR) is 94.9 cm³/mol. The van der Waals surface area contributed by atoms with Gasteiger partial charge in [0.05, 0.1) is 6.34 Å². The van der Waals surface area contributed by atoms with E-state index in [-0.39, 0.29) is 0 Å². The van der Waals surface area contributed by atoms with Crippen molar-refractivity contribution in [1.82, 2.24) is 9.71 Å². The molecule has 0 aliphatic heterocycles. The van der Waals surface area contributed by atoms with Crippen molar-refractivity contribution in [2.45, 2.75) is 45.4 Å². The summed E-state index contributed by atoms with van der Waals surface area (Å²) in [6.45, 7) is 3.76. The molecular formula is C15H29N5S. The molecule has 0 spiro atoms. The van der Waals surface area contributed by atoms with Crippen LogP contribution in [0.3, 0.4) is 0 Å². The molecule has 6 heteroatoms. The second-order valence-corrected chi connectivity index (χ2v) is 5.60. The van der Waals surface area contributed by atoms with Crippen LogP contribution in [0.2, 0.25) is 0 Å². The zero-order valence-corrected chi connectivity index (χ0v) is 13.8. The number of aryl methyl sites for hydroxylation is 1. The zero-order chi connectivity index (χ0) is 15.3. The van der Waals surface area contributed by atoms with Crippen molar-refractivity contribution in [2.24, 2.45) is 16.6 Å². The van der Waals surface area contributed by atoms with Crippen LogP contribution in [-0.4, -0.2) is 24.5 Å². The second kappa shape index (κ2) is 11.5. The maximum absolute atomic E-state index is 5.24. The number of aromatic nitrogens is 1. The minimum absolute atomic E-state index is 0.510. The number of anilines is 1. The third-order valence-electron chi connectivity index (χ3n) is 3.71. The molecule has 1 unspecified atom stereocenters. The van der Waals surface area contributed by atoms with E-state index in [9.17, 15) is 0 Å². The normalized spacial score (nSPS) is 12.9. The van der Waals surface area contributed by atoms with Gasteiger partial charge in [-0.05, 0) is 43.2 Å². The number of nitrogens with zero attached hydrogens (tertiary/aromatic N) is 1. The quantitative estimate of drug-likeness (QED) is 0.178. The lowest BCUT2D eigenvalue weighted by Gasteiger charge is -2.16. The number of hydrogen-bond donors (Lipinski definition) is 5. The van der Waals surface area contributed by atoms with E-state index >= 15 is 0 Å². The van der Waals surface area contributed by atoms with E-state index in [4.69, 9.17) is 5.73 Å². The summed E-state index contributed by atoms with van der Waals surface area (Å²) in [4.78, 5) is 7.20. The number of thiol groups is 1. The van der Waals surface area contributed by atoms with Gasteiger partial charge in [-0.3, -0.25) is 9.71 Å². The van der Waals surface area contributed by atoms with E-state index in [2.05, 4.69) is 45.8 Å². The van der Waals surface area contributed by atoms with Gasteiger partial charge in [-0.25, -0.2) is 0 Å². The molecule has 1 aromatic rings. The molecule has 1 rings (SSSR count). The highest BCUT2D eigenvalue weighted by atomic mass is 32.1. The monoisotopic (exact) mass is 311 g/mol. The maximum atomic E-state index is 5.24. The molecule has 5 nitrogen and oxygen atoms in total. The number of aliphatic imine (C=N–C) groups is 1. The standard InChI is InChI=1S/C15H29N5S/c1-2-4-13(5-3-9-20-21)6-7-14-8-10-18-15(14)19-12-17-11-16/h8,10-11,13,18-21H,2-7,9,12H2,1H3,(H2,16,17). The van der Waals surface area contributed by atoms with E-state index in [1.54, 1.807) is 0 Å². The first-order valence-electron chi connectivity index (χ1n) is 7.78. The van der Waals surface area contributed by atoms with Gasteiger partial charge >= 0.3 is 0 Å². The molecule has 0 fully saturated rings. The number of aromatic amines is 1. The van der Waals surface area contributed by atoms with Gasteiger partial charge in [0.2, 0.25) is 0 Å². The van der Waals surface area contributed by atoms with Gasteiger partial charge in [0.1, 0.15) is 12.5 Å². The molecule has 1 atom stereocenters. The molecule has 0 bridgehead atoms. The molecule has 0 saturated heterocycles. The Morgan fingerprint density at radius 3 is 3.00 bits per heavy atom. The Balaban J connectivity index is 2.41. The van der Waals surface area contributed by atoms with Gasteiger partial charge in [-0.1, -0.05) is 32.6 Å². The largest absolute Gasteiger partial charge is 0.390 e. The highest BCUT2D eigenvalue weighted by Crippen LogP contribution is 2.23. The number of H-pyrrole nitrogens is 1. The van der Waals surface area contributed by atoms with Crippen molar-refractivity contribution >= 4 is 25.0 Å². The Kier molecular flexibility index (Phi) is 9.82. The average Bonchev–Trinajstić information content (AvgIpc) is 2.93. The lowest BCUT2D eigenvalue weighted by atomic mass is 9.91. The molecule has 0 amide bonds. The first-order valence-corrected chi connectivity index (χ1v) is 8.23. The Morgan fingerprint density at radius 1 is 1.43 bits per heavy atom.